The molecule has 32 heavy (non-hydrogen) atoms. The number of hydrogen-bond acceptors (Lipinski definition) is 0. The zero-order valence-electron chi connectivity index (χ0n) is 17.9. The predicted octanol–water partition coefficient (Wildman–Crippen LogP) is 8.20. The van der Waals surface area contributed by atoms with Gasteiger partial charge in [0.15, 0.2) is 0 Å². The molecule has 0 saturated carbocycles. The summed E-state index contributed by atoms with van der Waals surface area (Å²) < 4.78 is 27.1. The second-order valence-corrected chi connectivity index (χ2v) is 8.00. The summed E-state index contributed by atoms with van der Waals surface area (Å²) in [5.41, 5.74) is 5.47. The van der Waals surface area contributed by atoms with Crippen LogP contribution in [0.25, 0.3) is 5.57 Å². The molecule has 0 nitrogen and oxygen atoms in total. The van der Waals surface area contributed by atoms with Gasteiger partial charge < -0.3 is 0 Å². The number of allylic oxidation sites excluding steroid dienone is 1. The van der Waals surface area contributed by atoms with Crippen molar-refractivity contribution in [2.24, 2.45) is 0 Å². The van der Waals surface area contributed by atoms with Crippen molar-refractivity contribution < 1.29 is 8.78 Å². The molecule has 0 saturated heterocycles. The molecule has 160 valence electrons. The molecule has 4 aromatic rings. The van der Waals surface area contributed by atoms with Crippen molar-refractivity contribution in [3.63, 3.8) is 0 Å². The van der Waals surface area contributed by atoms with Crippen LogP contribution in [-0.2, 0) is 6.42 Å². The second kappa shape index (κ2) is 10.7. The minimum atomic E-state index is -0.266. The smallest absolute Gasteiger partial charge is 0.123 e. The monoisotopic (exact) mass is 424 g/mol. The van der Waals surface area contributed by atoms with Crippen LogP contribution in [0.2, 0.25) is 0 Å². The number of rotatable bonds is 8. The van der Waals surface area contributed by atoms with Crippen molar-refractivity contribution in [1.29, 1.82) is 0 Å². The highest BCUT2D eigenvalue weighted by Crippen LogP contribution is 2.30. The average Bonchev–Trinajstić information content (AvgIpc) is 2.84. The van der Waals surface area contributed by atoms with Gasteiger partial charge in [0.1, 0.15) is 11.6 Å². The Labute approximate surface area is 188 Å². The summed E-state index contributed by atoms with van der Waals surface area (Å²) >= 11 is 0. The van der Waals surface area contributed by atoms with Crippen LogP contribution in [0.5, 0.6) is 0 Å². The van der Waals surface area contributed by atoms with E-state index in [1.54, 1.807) is 24.3 Å². The molecule has 0 fully saturated rings. The largest absolute Gasteiger partial charge is 0.207 e. The van der Waals surface area contributed by atoms with Gasteiger partial charge in [-0.05, 0) is 77.3 Å². The topological polar surface area (TPSA) is 0 Å². The lowest BCUT2D eigenvalue weighted by Crippen LogP contribution is -2.01. The summed E-state index contributed by atoms with van der Waals surface area (Å²) in [5.74, 6) is -0.193. The van der Waals surface area contributed by atoms with Crippen LogP contribution in [0, 0.1) is 11.6 Å². The molecule has 1 unspecified atom stereocenters. The number of aryl methyl sites for hydroxylation is 1. The van der Waals surface area contributed by atoms with Gasteiger partial charge >= 0.3 is 0 Å². The zero-order valence-corrected chi connectivity index (χ0v) is 17.9. The van der Waals surface area contributed by atoms with E-state index in [1.165, 1.54) is 35.4 Å². The van der Waals surface area contributed by atoms with Gasteiger partial charge in [-0.25, -0.2) is 8.78 Å². The first-order valence-electron chi connectivity index (χ1n) is 11.0. The average molecular weight is 425 g/mol. The van der Waals surface area contributed by atoms with Crippen molar-refractivity contribution in [2.75, 3.05) is 0 Å². The van der Waals surface area contributed by atoms with E-state index in [2.05, 4.69) is 54.6 Å². The highest BCUT2D eigenvalue weighted by molar-refractivity contribution is 5.79. The summed E-state index contributed by atoms with van der Waals surface area (Å²) in [6.07, 6.45) is 5.06. The van der Waals surface area contributed by atoms with Gasteiger partial charge in [-0.2, -0.15) is 0 Å². The molecule has 0 bridgehead atoms. The summed E-state index contributed by atoms with van der Waals surface area (Å²) in [7, 11) is 0. The minimum Gasteiger partial charge on any atom is -0.207 e. The number of benzene rings is 4. The summed E-state index contributed by atoms with van der Waals surface area (Å²) in [4.78, 5) is 0. The predicted molar refractivity (Wildman–Crippen MR) is 128 cm³/mol. The SMILES string of the molecule is Fc1ccc(C(=CCC(CCc2ccccc2)c2ccccc2)c2ccc(F)cc2)cc1. The highest BCUT2D eigenvalue weighted by atomic mass is 19.1. The Balaban J connectivity index is 1.64. The quantitative estimate of drug-likeness (QED) is 0.267. The van der Waals surface area contributed by atoms with E-state index in [1.807, 2.05) is 12.1 Å². The lowest BCUT2D eigenvalue weighted by atomic mass is 9.87. The zero-order chi connectivity index (χ0) is 22.2. The van der Waals surface area contributed by atoms with Crippen molar-refractivity contribution in [1.82, 2.24) is 0 Å². The molecule has 0 aliphatic rings. The summed E-state index contributed by atoms with van der Waals surface area (Å²) in [6.45, 7) is 0. The van der Waals surface area contributed by atoms with Crippen molar-refractivity contribution in [3.05, 3.63) is 149 Å². The van der Waals surface area contributed by atoms with Gasteiger partial charge in [0.05, 0.1) is 0 Å². The maximum Gasteiger partial charge on any atom is 0.123 e. The molecule has 2 heteroatoms. The van der Waals surface area contributed by atoms with E-state index in [-0.39, 0.29) is 11.6 Å². The van der Waals surface area contributed by atoms with Crippen LogP contribution in [-0.4, -0.2) is 0 Å². The lowest BCUT2D eigenvalue weighted by molar-refractivity contribution is 0.627. The van der Waals surface area contributed by atoms with Crippen molar-refractivity contribution in [2.45, 2.75) is 25.2 Å². The van der Waals surface area contributed by atoms with Gasteiger partial charge in [0.25, 0.3) is 0 Å². The molecular formula is C30H26F2. The standard InChI is InChI=1S/C30H26F2/c31-28-18-13-26(14-19-28)30(27-15-20-29(32)21-16-27)22-17-25(24-9-5-2-6-10-24)12-11-23-7-3-1-4-8-23/h1-10,13-16,18-22,25H,11-12,17H2. The molecule has 4 rings (SSSR count). The van der Waals surface area contributed by atoms with Gasteiger partial charge in [0, 0.05) is 0 Å². The Bertz CT molecular complexity index is 1080. The molecule has 0 aromatic heterocycles. The fourth-order valence-corrected chi connectivity index (χ4v) is 4.05. The van der Waals surface area contributed by atoms with Crippen LogP contribution >= 0.6 is 0 Å². The summed E-state index contributed by atoms with van der Waals surface area (Å²) in [6, 6.07) is 34.1. The molecule has 0 heterocycles. The molecule has 0 radical (unpaired) electrons. The van der Waals surface area contributed by atoms with E-state index in [0.717, 1.165) is 36.0 Å². The van der Waals surface area contributed by atoms with Gasteiger partial charge in [-0.1, -0.05) is 91.0 Å². The number of halogens is 2. The third-order valence-electron chi connectivity index (χ3n) is 5.81. The Morgan fingerprint density at radius 1 is 0.625 bits per heavy atom. The van der Waals surface area contributed by atoms with E-state index in [9.17, 15) is 8.78 Å². The van der Waals surface area contributed by atoms with Gasteiger partial charge in [-0.15, -0.1) is 0 Å². The lowest BCUT2D eigenvalue weighted by Gasteiger charge is -2.17. The first-order chi connectivity index (χ1) is 15.7. The molecule has 0 N–H and O–H groups in total. The van der Waals surface area contributed by atoms with Gasteiger partial charge in [0.2, 0.25) is 0 Å². The molecule has 0 amide bonds. The fourth-order valence-electron chi connectivity index (χ4n) is 4.05. The van der Waals surface area contributed by atoms with E-state index in [4.69, 9.17) is 0 Å². The van der Waals surface area contributed by atoms with Crippen LogP contribution < -0.4 is 0 Å². The first kappa shape index (κ1) is 21.7. The van der Waals surface area contributed by atoms with Crippen molar-refractivity contribution in [3.8, 4) is 0 Å². The third kappa shape index (κ3) is 5.79. The molecular weight excluding hydrogens is 398 g/mol. The fraction of sp³-hybridized carbons (Fsp3) is 0.133. The minimum absolute atomic E-state index is 0.266. The van der Waals surface area contributed by atoms with Crippen LogP contribution in [0.1, 0.15) is 41.0 Å². The molecule has 0 aliphatic heterocycles. The maximum absolute atomic E-state index is 13.5. The van der Waals surface area contributed by atoms with E-state index in [0.29, 0.717) is 5.92 Å². The van der Waals surface area contributed by atoms with Crippen molar-refractivity contribution >= 4 is 5.57 Å². The Hall–Kier alpha value is -3.52. The third-order valence-corrected chi connectivity index (χ3v) is 5.81. The number of hydrogen-bond donors (Lipinski definition) is 0. The molecule has 1 atom stereocenters. The van der Waals surface area contributed by atoms with E-state index >= 15 is 0 Å². The van der Waals surface area contributed by atoms with E-state index < -0.39 is 0 Å². The maximum atomic E-state index is 13.5. The Morgan fingerprint density at radius 3 is 1.66 bits per heavy atom. The van der Waals surface area contributed by atoms with Crippen LogP contribution in [0.15, 0.2) is 115 Å². The van der Waals surface area contributed by atoms with Crippen LogP contribution in [0.4, 0.5) is 8.78 Å². The Morgan fingerprint density at radius 2 is 1.12 bits per heavy atom. The molecule has 0 spiro atoms. The van der Waals surface area contributed by atoms with Gasteiger partial charge in [-0.3, -0.25) is 0 Å². The highest BCUT2D eigenvalue weighted by Gasteiger charge is 2.13. The molecule has 4 aromatic carbocycles. The van der Waals surface area contributed by atoms with Crippen LogP contribution in [0.3, 0.4) is 0 Å². The Kier molecular flexibility index (Phi) is 7.24. The molecule has 0 aliphatic carbocycles. The second-order valence-electron chi connectivity index (χ2n) is 8.00. The first-order valence-corrected chi connectivity index (χ1v) is 11.0. The normalized spacial score (nSPS) is 11.7. The summed E-state index contributed by atoms with van der Waals surface area (Å²) in [5, 5.41) is 0.